The number of aryl methyl sites for hydroxylation is 1. The molecule has 2 saturated heterocycles. The molecule has 2 aliphatic rings. The number of rotatable bonds is 5. The Morgan fingerprint density at radius 1 is 1.16 bits per heavy atom. The van der Waals surface area contributed by atoms with Crippen LogP contribution in [-0.2, 0) is 13.0 Å². The van der Waals surface area contributed by atoms with Crippen molar-refractivity contribution in [3.8, 4) is 0 Å². The summed E-state index contributed by atoms with van der Waals surface area (Å²) in [6, 6.07) is 7.04. The summed E-state index contributed by atoms with van der Waals surface area (Å²) in [6.45, 7) is 6.91. The molecule has 19 heavy (non-hydrogen) atoms. The van der Waals surface area contributed by atoms with Crippen LogP contribution < -0.4 is 5.32 Å². The highest BCUT2D eigenvalue weighted by Crippen LogP contribution is 2.31. The lowest BCUT2D eigenvalue weighted by atomic mass is 9.98. The maximum Gasteiger partial charge on any atom is 0.0330 e. The van der Waals surface area contributed by atoms with Crippen LogP contribution in [0, 0.1) is 0 Å². The Labute approximate surface area is 121 Å². The van der Waals surface area contributed by atoms with Crippen molar-refractivity contribution in [3.05, 3.63) is 21.9 Å². The van der Waals surface area contributed by atoms with Crippen LogP contribution in [0.3, 0.4) is 0 Å². The normalized spacial score (nSPS) is 30.2. The minimum atomic E-state index is 0.798. The van der Waals surface area contributed by atoms with Crippen molar-refractivity contribution in [2.24, 2.45) is 0 Å². The molecule has 106 valence electrons. The van der Waals surface area contributed by atoms with Crippen LogP contribution in [0.4, 0.5) is 0 Å². The van der Waals surface area contributed by atoms with E-state index in [9.17, 15) is 0 Å². The zero-order valence-electron chi connectivity index (χ0n) is 12.2. The average Bonchev–Trinajstić information content (AvgIpc) is 3.02. The molecule has 0 radical (unpaired) electrons. The summed E-state index contributed by atoms with van der Waals surface area (Å²) in [7, 11) is 0. The van der Waals surface area contributed by atoms with E-state index in [2.05, 4.69) is 36.2 Å². The first-order chi connectivity index (χ1) is 9.28. The van der Waals surface area contributed by atoms with Gasteiger partial charge in [-0.25, -0.2) is 0 Å². The largest absolute Gasteiger partial charge is 0.311 e. The second-order valence-corrected chi connectivity index (χ2v) is 7.30. The zero-order valence-corrected chi connectivity index (χ0v) is 13.0. The first-order valence-corrected chi connectivity index (χ1v) is 8.67. The van der Waals surface area contributed by atoms with Gasteiger partial charge in [0.05, 0.1) is 0 Å². The summed E-state index contributed by atoms with van der Waals surface area (Å²) in [5.74, 6) is 0. The number of nitrogens with one attached hydrogen (secondary N) is 1. The first-order valence-electron chi connectivity index (χ1n) is 7.86. The van der Waals surface area contributed by atoms with Gasteiger partial charge in [0.1, 0.15) is 0 Å². The number of nitrogens with zero attached hydrogens (tertiary/aromatic N) is 1. The van der Waals surface area contributed by atoms with Gasteiger partial charge < -0.3 is 5.32 Å². The molecule has 0 aliphatic carbocycles. The van der Waals surface area contributed by atoms with Crippen molar-refractivity contribution in [2.45, 2.75) is 70.6 Å². The van der Waals surface area contributed by atoms with E-state index < -0.39 is 0 Å². The smallest absolute Gasteiger partial charge is 0.0330 e. The lowest BCUT2D eigenvalue weighted by Crippen LogP contribution is -2.47. The Morgan fingerprint density at radius 3 is 2.42 bits per heavy atom. The van der Waals surface area contributed by atoms with Gasteiger partial charge in [0.2, 0.25) is 0 Å². The first kappa shape index (κ1) is 13.6. The van der Waals surface area contributed by atoms with Crippen LogP contribution in [0.2, 0.25) is 0 Å². The molecule has 2 atom stereocenters. The summed E-state index contributed by atoms with van der Waals surface area (Å²) in [5, 5.41) is 3.75. The Hall–Kier alpha value is -0.380. The SMILES string of the molecule is CCc1ccc(CN(CC)C2CC3CCC(C2)N3)s1. The van der Waals surface area contributed by atoms with E-state index in [-0.39, 0.29) is 0 Å². The molecule has 3 rings (SSSR count). The summed E-state index contributed by atoms with van der Waals surface area (Å²) in [4.78, 5) is 5.78. The molecule has 3 heterocycles. The average molecular weight is 278 g/mol. The molecule has 0 saturated carbocycles. The fourth-order valence-electron chi connectivity index (χ4n) is 3.72. The highest BCUT2D eigenvalue weighted by molar-refractivity contribution is 7.11. The fourth-order valence-corrected chi connectivity index (χ4v) is 4.71. The van der Waals surface area contributed by atoms with Crippen LogP contribution in [-0.4, -0.2) is 29.6 Å². The minimum absolute atomic E-state index is 0.798. The Kier molecular flexibility index (Phi) is 4.25. The molecule has 0 aromatic carbocycles. The van der Waals surface area contributed by atoms with Crippen molar-refractivity contribution in [2.75, 3.05) is 6.54 Å². The van der Waals surface area contributed by atoms with Crippen LogP contribution >= 0.6 is 11.3 Å². The van der Waals surface area contributed by atoms with E-state index in [0.717, 1.165) is 24.7 Å². The van der Waals surface area contributed by atoms with Crippen LogP contribution in [0.25, 0.3) is 0 Å². The van der Waals surface area contributed by atoms with E-state index in [0.29, 0.717) is 0 Å². The molecule has 1 aromatic rings. The Bertz CT molecular complexity index is 403. The van der Waals surface area contributed by atoms with Crippen molar-refractivity contribution in [1.82, 2.24) is 10.2 Å². The molecule has 0 spiro atoms. The molecular formula is C16H26N2S. The third-order valence-corrected chi connectivity index (χ3v) is 6.01. The van der Waals surface area contributed by atoms with E-state index in [1.807, 2.05) is 11.3 Å². The molecule has 2 nitrogen and oxygen atoms in total. The lowest BCUT2D eigenvalue weighted by molar-refractivity contribution is 0.142. The fraction of sp³-hybridized carbons (Fsp3) is 0.750. The lowest BCUT2D eigenvalue weighted by Gasteiger charge is -2.37. The highest BCUT2D eigenvalue weighted by Gasteiger charge is 2.35. The number of piperidine rings is 1. The molecule has 2 aliphatic heterocycles. The van der Waals surface area contributed by atoms with Crippen molar-refractivity contribution in [3.63, 3.8) is 0 Å². The quantitative estimate of drug-likeness (QED) is 0.888. The van der Waals surface area contributed by atoms with E-state index in [1.165, 1.54) is 43.5 Å². The maximum absolute atomic E-state index is 3.75. The summed E-state index contributed by atoms with van der Waals surface area (Å²) in [6.07, 6.45) is 6.69. The second-order valence-electron chi connectivity index (χ2n) is 6.05. The van der Waals surface area contributed by atoms with Gasteiger partial charge in [0.15, 0.2) is 0 Å². The Morgan fingerprint density at radius 2 is 1.84 bits per heavy atom. The summed E-state index contributed by atoms with van der Waals surface area (Å²) >= 11 is 2.00. The number of fused-ring (bicyclic) bond motifs is 2. The van der Waals surface area contributed by atoms with Gasteiger partial charge in [-0.1, -0.05) is 13.8 Å². The maximum atomic E-state index is 3.75. The molecule has 1 N–H and O–H groups in total. The van der Waals surface area contributed by atoms with Crippen molar-refractivity contribution < 1.29 is 0 Å². The standard InChI is InChI=1S/C16H26N2S/c1-3-15-7-8-16(19-15)11-18(4-2)14-9-12-5-6-13(10-14)17-12/h7-8,12-14,17H,3-6,9-11H2,1-2H3. The zero-order chi connectivity index (χ0) is 13.2. The van der Waals surface area contributed by atoms with Crippen LogP contribution in [0.15, 0.2) is 12.1 Å². The third-order valence-electron chi connectivity index (χ3n) is 4.80. The van der Waals surface area contributed by atoms with E-state index in [4.69, 9.17) is 0 Å². The van der Waals surface area contributed by atoms with Crippen molar-refractivity contribution >= 4 is 11.3 Å². The molecule has 0 amide bonds. The van der Waals surface area contributed by atoms with E-state index in [1.54, 1.807) is 4.88 Å². The third kappa shape index (κ3) is 3.04. The monoisotopic (exact) mass is 278 g/mol. The second kappa shape index (κ2) is 5.94. The van der Waals surface area contributed by atoms with Crippen LogP contribution in [0.5, 0.6) is 0 Å². The topological polar surface area (TPSA) is 15.3 Å². The molecule has 2 bridgehead atoms. The summed E-state index contributed by atoms with van der Waals surface area (Å²) in [5.41, 5.74) is 0. The predicted molar refractivity (Wildman–Crippen MR) is 82.7 cm³/mol. The molecular weight excluding hydrogens is 252 g/mol. The van der Waals surface area contributed by atoms with Gasteiger partial charge in [-0.15, -0.1) is 11.3 Å². The molecule has 2 fully saturated rings. The van der Waals surface area contributed by atoms with E-state index >= 15 is 0 Å². The number of hydrogen-bond acceptors (Lipinski definition) is 3. The van der Waals surface area contributed by atoms with Gasteiger partial charge in [-0.2, -0.15) is 0 Å². The Balaban J connectivity index is 1.63. The van der Waals surface area contributed by atoms with Gasteiger partial charge >= 0.3 is 0 Å². The van der Waals surface area contributed by atoms with Gasteiger partial charge in [-0.3, -0.25) is 4.90 Å². The number of thiophene rings is 1. The minimum Gasteiger partial charge on any atom is -0.311 e. The summed E-state index contributed by atoms with van der Waals surface area (Å²) < 4.78 is 0. The molecule has 3 heteroatoms. The van der Waals surface area contributed by atoms with Gasteiger partial charge in [0, 0.05) is 34.4 Å². The highest BCUT2D eigenvalue weighted by atomic mass is 32.1. The molecule has 2 unspecified atom stereocenters. The predicted octanol–water partition coefficient (Wildman–Crippen LogP) is 3.42. The van der Waals surface area contributed by atoms with Gasteiger partial charge in [0.25, 0.3) is 0 Å². The number of hydrogen-bond donors (Lipinski definition) is 1. The molecule has 1 aromatic heterocycles. The van der Waals surface area contributed by atoms with Crippen molar-refractivity contribution in [1.29, 1.82) is 0 Å². The van der Waals surface area contributed by atoms with Gasteiger partial charge in [-0.05, 0) is 50.8 Å². The van der Waals surface area contributed by atoms with Crippen LogP contribution in [0.1, 0.15) is 49.3 Å².